The molecule has 1 aliphatic rings. The summed E-state index contributed by atoms with van der Waals surface area (Å²) in [6.45, 7) is 1.99. The molecule has 8 heteroatoms. The number of hydrogen-bond donors (Lipinski definition) is 3. The second-order valence-electron chi connectivity index (χ2n) is 9.12. The summed E-state index contributed by atoms with van der Waals surface area (Å²) in [5.41, 5.74) is 8.10. The van der Waals surface area contributed by atoms with Crippen LogP contribution in [0.25, 0.3) is 55.6 Å². The van der Waals surface area contributed by atoms with Crippen LogP contribution in [-0.2, 0) is 0 Å². The molecule has 0 aliphatic carbocycles. The number of aromatic amines is 2. The van der Waals surface area contributed by atoms with Gasteiger partial charge in [0.1, 0.15) is 23.2 Å². The highest BCUT2D eigenvalue weighted by atomic mass is 32.1. The first-order valence-electron chi connectivity index (χ1n) is 12.1. The summed E-state index contributed by atoms with van der Waals surface area (Å²) < 4.78 is 6.23. The number of nitrogens with one attached hydrogen (secondary N) is 3. The van der Waals surface area contributed by atoms with Gasteiger partial charge in [0.2, 0.25) is 0 Å². The van der Waals surface area contributed by atoms with Crippen molar-refractivity contribution in [3.63, 3.8) is 0 Å². The van der Waals surface area contributed by atoms with Gasteiger partial charge in [0.05, 0.1) is 17.4 Å². The van der Waals surface area contributed by atoms with E-state index in [2.05, 4.69) is 83.7 Å². The highest BCUT2D eigenvalue weighted by Crippen LogP contribution is 2.35. The number of rotatable bonds is 5. The molecule has 6 heterocycles. The molecule has 0 radical (unpaired) electrons. The number of pyridine rings is 2. The van der Waals surface area contributed by atoms with Gasteiger partial charge in [-0.25, -0.2) is 4.98 Å². The van der Waals surface area contributed by atoms with E-state index in [1.54, 1.807) is 17.5 Å². The number of thiophene rings is 1. The number of fused-ring (bicyclic) bond motifs is 2. The van der Waals surface area contributed by atoms with Gasteiger partial charge >= 0.3 is 0 Å². The normalized spacial score (nSPS) is 14.6. The Balaban J connectivity index is 1.26. The summed E-state index contributed by atoms with van der Waals surface area (Å²) in [5.74, 6) is 0.814. The fraction of sp³-hybridized carbons (Fsp3) is 0.179. The van der Waals surface area contributed by atoms with Gasteiger partial charge in [-0.3, -0.25) is 10.1 Å². The number of piperidine rings is 1. The van der Waals surface area contributed by atoms with E-state index in [0.29, 0.717) is 0 Å². The zero-order valence-corrected chi connectivity index (χ0v) is 20.3. The molecule has 0 amide bonds. The number of H-pyrrole nitrogens is 2. The van der Waals surface area contributed by atoms with Crippen LogP contribution >= 0.6 is 11.3 Å². The standard InChI is InChI=1S/C28H24N6OS/c1-2-25-24(12-17(1)19-11-21(15-30-14-19)35-20-3-7-29-8-4-20)27(34-33-25)26-13-23-22(18-6-10-36-16-18)5-9-31-28(23)32-26/h1-2,5-6,9-16,20,29H,3-4,7-8H2,(H,31,32)(H,33,34). The Hall–Kier alpha value is -4.01. The lowest BCUT2D eigenvalue weighted by Gasteiger charge is -2.23. The summed E-state index contributed by atoms with van der Waals surface area (Å²) >= 11 is 1.69. The zero-order valence-electron chi connectivity index (χ0n) is 19.5. The predicted octanol–water partition coefficient (Wildman–Crippen LogP) is 6.03. The van der Waals surface area contributed by atoms with Crippen LogP contribution in [0.4, 0.5) is 0 Å². The molecule has 1 aromatic carbocycles. The molecule has 3 N–H and O–H groups in total. The molecule has 5 aromatic heterocycles. The highest BCUT2D eigenvalue weighted by Gasteiger charge is 2.17. The monoisotopic (exact) mass is 492 g/mol. The Bertz CT molecular complexity index is 1660. The van der Waals surface area contributed by atoms with Gasteiger partial charge in [-0.2, -0.15) is 16.4 Å². The minimum absolute atomic E-state index is 0.237. The molecular formula is C28H24N6OS. The Kier molecular flexibility index (Phi) is 5.26. The molecule has 7 rings (SSSR count). The van der Waals surface area contributed by atoms with Crippen molar-refractivity contribution in [2.45, 2.75) is 18.9 Å². The van der Waals surface area contributed by atoms with Gasteiger partial charge in [0.15, 0.2) is 0 Å². The second kappa shape index (κ2) is 8.89. The van der Waals surface area contributed by atoms with Crippen LogP contribution in [-0.4, -0.2) is 44.3 Å². The molecule has 0 bridgehead atoms. The minimum atomic E-state index is 0.237. The van der Waals surface area contributed by atoms with Crippen molar-refractivity contribution in [3.8, 4) is 39.4 Å². The van der Waals surface area contributed by atoms with Crippen LogP contribution in [0.5, 0.6) is 5.75 Å². The van der Waals surface area contributed by atoms with Crippen molar-refractivity contribution in [1.82, 2.24) is 30.5 Å². The Labute approximate surface area is 211 Å². The average molecular weight is 493 g/mol. The van der Waals surface area contributed by atoms with E-state index in [9.17, 15) is 0 Å². The van der Waals surface area contributed by atoms with E-state index in [-0.39, 0.29) is 6.10 Å². The zero-order chi connectivity index (χ0) is 23.9. The molecular weight excluding hydrogens is 468 g/mol. The molecule has 1 aliphatic heterocycles. The minimum Gasteiger partial charge on any atom is -0.489 e. The summed E-state index contributed by atoms with van der Waals surface area (Å²) in [4.78, 5) is 12.5. The molecule has 178 valence electrons. The van der Waals surface area contributed by atoms with Gasteiger partial charge in [-0.1, -0.05) is 6.07 Å². The first kappa shape index (κ1) is 21.3. The first-order valence-corrected chi connectivity index (χ1v) is 13.1. The summed E-state index contributed by atoms with van der Waals surface area (Å²) in [5, 5.41) is 17.6. The number of hydrogen-bond acceptors (Lipinski definition) is 6. The summed E-state index contributed by atoms with van der Waals surface area (Å²) in [6.07, 6.45) is 7.80. The van der Waals surface area contributed by atoms with Gasteiger partial charge in [0.25, 0.3) is 0 Å². The predicted molar refractivity (Wildman–Crippen MR) is 144 cm³/mol. The Morgan fingerprint density at radius 2 is 1.86 bits per heavy atom. The van der Waals surface area contributed by atoms with Gasteiger partial charge < -0.3 is 15.0 Å². The number of aromatic nitrogens is 5. The lowest BCUT2D eigenvalue weighted by molar-refractivity contribution is 0.162. The van der Waals surface area contributed by atoms with E-state index in [4.69, 9.17) is 4.74 Å². The fourth-order valence-corrected chi connectivity index (χ4v) is 5.63. The first-order chi connectivity index (χ1) is 17.8. The van der Waals surface area contributed by atoms with Crippen molar-refractivity contribution in [2.24, 2.45) is 0 Å². The molecule has 0 atom stereocenters. The second-order valence-corrected chi connectivity index (χ2v) is 9.90. The van der Waals surface area contributed by atoms with Gasteiger partial charge in [-0.15, -0.1) is 0 Å². The highest BCUT2D eigenvalue weighted by molar-refractivity contribution is 7.08. The SMILES string of the molecule is c1cc(-c2ccsc2)c2cc(-c3n[nH]c4ccc(-c5cncc(OC6CCNCC6)c5)cc34)[nH]c2n1. The van der Waals surface area contributed by atoms with Crippen LogP contribution in [0.2, 0.25) is 0 Å². The van der Waals surface area contributed by atoms with Crippen molar-refractivity contribution >= 4 is 33.3 Å². The summed E-state index contributed by atoms with van der Waals surface area (Å²) in [6, 6.07) is 14.8. The van der Waals surface area contributed by atoms with Gasteiger partial charge in [-0.05, 0) is 89.8 Å². The molecule has 0 unspecified atom stereocenters. The van der Waals surface area contributed by atoms with E-state index in [1.807, 2.05) is 12.4 Å². The van der Waals surface area contributed by atoms with Crippen LogP contribution in [0.1, 0.15) is 12.8 Å². The van der Waals surface area contributed by atoms with Crippen LogP contribution in [0.15, 0.2) is 71.8 Å². The third-order valence-electron chi connectivity index (χ3n) is 6.82. The Morgan fingerprint density at radius 3 is 2.75 bits per heavy atom. The molecule has 0 saturated carbocycles. The van der Waals surface area contributed by atoms with Crippen molar-refractivity contribution < 1.29 is 4.74 Å². The molecule has 36 heavy (non-hydrogen) atoms. The fourth-order valence-electron chi connectivity index (χ4n) is 4.97. The van der Waals surface area contributed by atoms with E-state index in [1.165, 1.54) is 11.1 Å². The van der Waals surface area contributed by atoms with Crippen molar-refractivity contribution in [3.05, 3.63) is 71.8 Å². The topological polar surface area (TPSA) is 91.5 Å². The molecule has 7 nitrogen and oxygen atoms in total. The lowest BCUT2D eigenvalue weighted by Crippen LogP contribution is -2.34. The molecule has 0 spiro atoms. The maximum atomic E-state index is 6.23. The van der Waals surface area contributed by atoms with Crippen LogP contribution in [0.3, 0.4) is 0 Å². The molecule has 1 saturated heterocycles. The maximum absolute atomic E-state index is 6.23. The van der Waals surface area contributed by atoms with E-state index >= 15 is 0 Å². The maximum Gasteiger partial charge on any atom is 0.138 e. The quantitative estimate of drug-likeness (QED) is 0.273. The van der Waals surface area contributed by atoms with Crippen molar-refractivity contribution in [1.29, 1.82) is 0 Å². The van der Waals surface area contributed by atoms with E-state index < -0.39 is 0 Å². The third-order valence-corrected chi connectivity index (χ3v) is 7.50. The smallest absolute Gasteiger partial charge is 0.138 e. The lowest BCUT2D eigenvalue weighted by atomic mass is 10.0. The number of benzene rings is 1. The van der Waals surface area contributed by atoms with Crippen molar-refractivity contribution in [2.75, 3.05) is 13.1 Å². The Morgan fingerprint density at radius 1 is 0.917 bits per heavy atom. The largest absolute Gasteiger partial charge is 0.489 e. The number of nitrogens with zero attached hydrogens (tertiary/aromatic N) is 3. The molecule has 1 fully saturated rings. The molecule has 6 aromatic rings. The van der Waals surface area contributed by atoms with Crippen LogP contribution in [0, 0.1) is 0 Å². The third kappa shape index (κ3) is 3.84. The average Bonchev–Trinajstić information content (AvgIpc) is 3.68. The number of ether oxygens (including phenoxy) is 1. The summed E-state index contributed by atoms with van der Waals surface area (Å²) in [7, 11) is 0. The van der Waals surface area contributed by atoms with E-state index in [0.717, 1.165) is 76.1 Å². The van der Waals surface area contributed by atoms with Gasteiger partial charge in [0, 0.05) is 28.7 Å². The van der Waals surface area contributed by atoms with Crippen LogP contribution < -0.4 is 10.1 Å².